The van der Waals surface area contributed by atoms with Crippen LogP contribution in [0.4, 0.5) is 10.1 Å². The van der Waals surface area contributed by atoms with Crippen LogP contribution in [0, 0.1) is 17.7 Å². The van der Waals surface area contributed by atoms with E-state index in [9.17, 15) is 14.3 Å². The fourth-order valence-electron chi connectivity index (χ4n) is 4.50. The van der Waals surface area contributed by atoms with E-state index in [1.165, 1.54) is 12.1 Å². The Morgan fingerprint density at radius 2 is 1.93 bits per heavy atom. The molecule has 0 spiro atoms. The average molecular weight is 427 g/mol. The van der Waals surface area contributed by atoms with Crippen molar-refractivity contribution >= 4 is 34.1 Å². The molecule has 1 aliphatic rings. The molecule has 1 heterocycles. The van der Waals surface area contributed by atoms with Crippen LogP contribution >= 0.6 is 11.6 Å². The van der Waals surface area contributed by atoms with Gasteiger partial charge in [-0.3, -0.25) is 9.78 Å². The average Bonchev–Trinajstić information content (AvgIpc) is 2.75. The lowest BCUT2D eigenvalue weighted by Gasteiger charge is -2.32. The summed E-state index contributed by atoms with van der Waals surface area (Å²) in [5.74, 6) is 0.0366. The van der Waals surface area contributed by atoms with E-state index in [0.717, 1.165) is 42.1 Å². The third kappa shape index (κ3) is 4.26. The zero-order valence-electron chi connectivity index (χ0n) is 16.7. The molecule has 0 aliphatic heterocycles. The van der Waals surface area contributed by atoms with Crippen LogP contribution in [-0.2, 0) is 4.79 Å². The van der Waals surface area contributed by atoms with Crippen LogP contribution < -0.4 is 5.32 Å². The maximum atomic E-state index is 13.8. The predicted molar refractivity (Wildman–Crippen MR) is 117 cm³/mol. The molecule has 2 N–H and O–H groups in total. The van der Waals surface area contributed by atoms with Gasteiger partial charge in [-0.25, -0.2) is 4.39 Å². The molecular formula is C24H24ClFN2O2. The second-order valence-corrected chi connectivity index (χ2v) is 8.55. The number of pyridine rings is 1. The number of nitrogens with zero attached hydrogens (tertiary/aromatic N) is 1. The number of hydrogen-bond acceptors (Lipinski definition) is 3. The van der Waals surface area contributed by atoms with E-state index in [4.69, 9.17) is 11.6 Å². The quantitative estimate of drug-likeness (QED) is 0.482. The number of carbonyl (C=O) groups is 1. The van der Waals surface area contributed by atoms with Gasteiger partial charge >= 0.3 is 0 Å². The summed E-state index contributed by atoms with van der Waals surface area (Å²) in [6.45, 7) is 1.94. The molecule has 1 saturated carbocycles. The number of carbonyl (C=O) groups excluding carboxylic acids is 1. The second-order valence-electron chi connectivity index (χ2n) is 8.11. The van der Waals surface area contributed by atoms with Crippen LogP contribution in [0.25, 0.3) is 10.9 Å². The van der Waals surface area contributed by atoms with Crippen LogP contribution in [0.1, 0.15) is 44.1 Å². The minimum absolute atomic E-state index is 0.0384. The highest BCUT2D eigenvalue weighted by Gasteiger charge is 2.30. The molecule has 0 radical (unpaired) electrons. The zero-order chi connectivity index (χ0) is 21.3. The number of phenolic OH excluding ortho intramolecular Hbond substituents is 1. The molecule has 0 unspecified atom stereocenters. The van der Waals surface area contributed by atoms with Crippen LogP contribution in [0.5, 0.6) is 5.75 Å². The van der Waals surface area contributed by atoms with Gasteiger partial charge in [0, 0.05) is 28.6 Å². The number of anilines is 1. The highest BCUT2D eigenvalue weighted by molar-refractivity contribution is 6.30. The Balaban J connectivity index is 1.42. The summed E-state index contributed by atoms with van der Waals surface area (Å²) >= 11 is 5.85. The molecule has 3 aromatic rings. The second kappa shape index (κ2) is 8.60. The number of phenols is 1. The van der Waals surface area contributed by atoms with Gasteiger partial charge in [0.05, 0.1) is 11.2 Å². The maximum absolute atomic E-state index is 13.8. The third-order valence-corrected chi connectivity index (χ3v) is 6.52. The fourth-order valence-corrected chi connectivity index (χ4v) is 4.66. The molecule has 6 heteroatoms. The number of benzene rings is 2. The molecule has 1 atom stereocenters. The van der Waals surface area contributed by atoms with Gasteiger partial charge in [-0.1, -0.05) is 18.5 Å². The Labute approximate surface area is 180 Å². The molecule has 0 bridgehead atoms. The van der Waals surface area contributed by atoms with E-state index in [0.29, 0.717) is 16.6 Å². The summed E-state index contributed by atoms with van der Waals surface area (Å²) in [7, 11) is 0. The summed E-state index contributed by atoms with van der Waals surface area (Å²) in [5.41, 5.74) is 2.32. The Hall–Kier alpha value is -2.66. The van der Waals surface area contributed by atoms with Crippen molar-refractivity contribution in [1.82, 2.24) is 4.98 Å². The Morgan fingerprint density at radius 1 is 1.17 bits per heavy atom. The first-order valence-electron chi connectivity index (χ1n) is 10.3. The molecule has 1 amide bonds. The number of nitrogens with one attached hydrogen (secondary N) is 1. The topological polar surface area (TPSA) is 62.2 Å². The lowest BCUT2D eigenvalue weighted by molar-refractivity contribution is -0.121. The highest BCUT2D eigenvalue weighted by atomic mass is 35.5. The molecule has 1 aromatic heterocycles. The van der Waals surface area contributed by atoms with Gasteiger partial charge in [0.2, 0.25) is 5.91 Å². The molecule has 1 aliphatic carbocycles. The van der Waals surface area contributed by atoms with E-state index in [-0.39, 0.29) is 29.3 Å². The van der Waals surface area contributed by atoms with Gasteiger partial charge in [0.1, 0.15) is 11.6 Å². The standard InChI is InChI=1S/C24H24ClFN2O2/c1-14(24(30)28-22-8-6-17(25)12-23(22)29)15-2-4-16(5-3-15)19-10-11-27-21-9-7-18(26)13-20(19)21/h6-16,29H,2-5H2,1H3,(H,28,30)/t14-,15-,16+/m1/s1. The minimum atomic E-state index is -0.249. The number of aromatic hydroxyl groups is 1. The number of halogens is 2. The highest BCUT2D eigenvalue weighted by Crippen LogP contribution is 2.41. The Kier molecular flexibility index (Phi) is 5.91. The molecule has 4 nitrogen and oxygen atoms in total. The number of aromatic nitrogens is 1. The summed E-state index contributed by atoms with van der Waals surface area (Å²) in [5, 5.41) is 14.1. The molecule has 2 aromatic carbocycles. The molecule has 156 valence electrons. The van der Waals surface area contributed by atoms with E-state index >= 15 is 0 Å². The summed E-state index contributed by atoms with van der Waals surface area (Å²) < 4.78 is 13.8. The number of rotatable bonds is 4. The summed E-state index contributed by atoms with van der Waals surface area (Å²) in [6, 6.07) is 11.4. The van der Waals surface area contributed by atoms with E-state index in [1.54, 1.807) is 30.5 Å². The lowest BCUT2D eigenvalue weighted by Crippen LogP contribution is -2.29. The number of amides is 1. The first-order valence-corrected chi connectivity index (χ1v) is 10.6. The van der Waals surface area contributed by atoms with Crippen molar-refractivity contribution in [1.29, 1.82) is 0 Å². The van der Waals surface area contributed by atoms with Gasteiger partial charge in [-0.15, -0.1) is 0 Å². The van der Waals surface area contributed by atoms with E-state index in [1.807, 2.05) is 13.0 Å². The van der Waals surface area contributed by atoms with Crippen molar-refractivity contribution < 1.29 is 14.3 Å². The fraction of sp³-hybridized carbons (Fsp3) is 0.333. The van der Waals surface area contributed by atoms with Crippen molar-refractivity contribution in [2.24, 2.45) is 11.8 Å². The number of hydrogen-bond donors (Lipinski definition) is 2. The van der Waals surface area contributed by atoms with E-state index in [2.05, 4.69) is 10.3 Å². The summed E-state index contributed by atoms with van der Waals surface area (Å²) in [4.78, 5) is 17.1. The van der Waals surface area contributed by atoms with Gasteiger partial charge in [0.25, 0.3) is 0 Å². The van der Waals surface area contributed by atoms with Crippen LogP contribution in [0.15, 0.2) is 48.7 Å². The molecule has 4 rings (SSSR count). The zero-order valence-corrected chi connectivity index (χ0v) is 17.5. The van der Waals surface area contributed by atoms with Crippen molar-refractivity contribution in [2.75, 3.05) is 5.32 Å². The van der Waals surface area contributed by atoms with Crippen molar-refractivity contribution in [3.8, 4) is 5.75 Å². The van der Waals surface area contributed by atoms with Crippen LogP contribution in [0.3, 0.4) is 0 Å². The maximum Gasteiger partial charge on any atom is 0.227 e. The van der Waals surface area contributed by atoms with E-state index < -0.39 is 0 Å². The van der Waals surface area contributed by atoms with Gasteiger partial charge in [0.15, 0.2) is 0 Å². The largest absolute Gasteiger partial charge is 0.506 e. The van der Waals surface area contributed by atoms with Crippen molar-refractivity contribution in [2.45, 2.75) is 38.5 Å². The van der Waals surface area contributed by atoms with Crippen LogP contribution in [-0.4, -0.2) is 16.0 Å². The molecule has 1 fully saturated rings. The molecule has 0 saturated heterocycles. The van der Waals surface area contributed by atoms with Crippen molar-refractivity contribution in [3.05, 3.63) is 65.1 Å². The lowest BCUT2D eigenvalue weighted by atomic mass is 9.73. The first kappa shape index (κ1) is 20.6. The van der Waals surface area contributed by atoms with Crippen LogP contribution in [0.2, 0.25) is 5.02 Å². The number of fused-ring (bicyclic) bond motifs is 1. The SMILES string of the molecule is C[C@@H](C(=O)Nc1ccc(Cl)cc1O)[C@H]1CC[C@@H](c2ccnc3ccc(F)cc32)CC1. The first-order chi connectivity index (χ1) is 14.4. The monoisotopic (exact) mass is 426 g/mol. The summed E-state index contributed by atoms with van der Waals surface area (Å²) in [6.07, 6.45) is 5.53. The molecular weight excluding hydrogens is 403 g/mol. The minimum Gasteiger partial charge on any atom is -0.506 e. The third-order valence-electron chi connectivity index (χ3n) is 6.29. The predicted octanol–water partition coefficient (Wildman–Crippen LogP) is 6.28. The Morgan fingerprint density at radius 3 is 2.67 bits per heavy atom. The van der Waals surface area contributed by atoms with Gasteiger partial charge in [-0.05, 0) is 79.5 Å². The van der Waals surface area contributed by atoms with Gasteiger partial charge in [-0.2, -0.15) is 0 Å². The Bertz CT molecular complexity index is 1080. The normalized spacial score (nSPS) is 20.1. The smallest absolute Gasteiger partial charge is 0.227 e. The van der Waals surface area contributed by atoms with Crippen molar-refractivity contribution in [3.63, 3.8) is 0 Å². The van der Waals surface area contributed by atoms with Gasteiger partial charge < -0.3 is 10.4 Å². The molecule has 30 heavy (non-hydrogen) atoms.